The molecule has 0 radical (unpaired) electrons. The standard InChI is InChI=1S/C20H31NO4/c1-14(2)16(13-22)12-18(23)17(11-15-9-7-6-8-10-15)21-19(24)25-20(3,4)5/h6-10,13-14,16-18,23H,11-12H2,1-5H3,(H,21,24)/t16-,17+,18+/m1/s1. The van der Waals surface area contributed by atoms with Crippen molar-refractivity contribution < 1.29 is 19.4 Å². The Kier molecular flexibility index (Phi) is 8.10. The molecule has 1 aromatic carbocycles. The molecule has 0 saturated carbocycles. The normalized spacial score (nSPS) is 15.3. The fourth-order valence-electron chi connectivity index (χ4n) is 2.54. The molecule has 0 aromatic heterocycles. The number of carbonyl (C=O) groups is 2. The Hall–Kier alpha value is -1.88. The number of rotatable bonds is 8. The first-order chi connectivity index (χ1) is 11.6. The highest BCUT2D eigenvalue weighted by Crippen LogP contribution is 2.19. The summed E-state index contributed by atoms with van der Waals surface area (Å²) in [7, 11) is 0. The highest BCUT2D eigenvalue weighted by molar-refractivity contribution is 5.68. The van der Waals surface area contributed by atoms with E-state index in [-0.39, 0.29) is 11.8 Å². The number of aldehydes is 1. The molecule has 0 unspecified atom stereocenters. The maximum atomic E-state index is 12.1. The van der Waals surface area contributed by atoms with Crippen LogP contribution in [0.4, 0.5) is 4.79 Å². The van der Waals surface area contributed by atoms with Gasteiger partial charge < -0.3 is 20.0 Å². The van der Waals surface area contributed by atoms with Crippen molar-refractivity contribution in [1.82, 2.24) is 5.32 Å². The molecule has 5 heteroatoms. The van der Waals surface area contributed by atoms with E-state index in [0.29, 0.717) is 12.8 Å². The second-order valence-corrected chi connectivity index (χ2v) is 7.79. The SMILES string of the molecule is CC(C)[C@@H](C=O)C[C@H](O)[C@H](Cc1ccccc1)NC(=O)OC(C)(C)C. The molecule has 0 fully saturated rings. The van der Waals surface area contributed by atoms with Gasteiger partial charge in [-0.05, 0) is 45.1 Å². The van der Waals surface area contributed by atoms with Crippen molar-refractivity contribution in [3.63, 3.8) is 0 Å². The van der Waals surface area contributed by atoms with Crippen LogP contribution in [-0.4, -0.2) is 35.2 Å². The predicted octanol–water partition coefficient (Wildman–Crippen LogP) is 3.34. The highest BCUT2D eigenvalue weighted by Gasteiger charge is 2.28. The molecule has 0 aliphatic rings. The van der Waals surface area contributed by atoms with Gasteiger partial charge in [-0.2, -0.15) is 0 Å². The van der Waals surface area contributed by atoms with Crippen LogP contribution >= 0.6 is 0 Å². The molecular weight excluding hydrogens is 318 g/mol. The van der Waals surface area contributed by atoms with Crippen LogP contribution in [0, 0.1) is 11.8 Å². The number of aliphatic hydroxyl groups is 1. The number of benzene rings is 1. The maximum Gasteiger partial charge on any atom is 0.407 e. The molecular formula is C20H31NO4. The first-order valence-corrected chi connectivity index (χ1v) is 8.79. The van der Waals surface area contributed by atoms with Crippen LogP contribution in [0.1, 0.15) is 46.6 Å². The van der Waals surface area contributed by atoms with Gasteiger partial charge in [0.05, 0.1) is 12.1 Å². The van der Waals surface area contributed by atoms with Gasteiger partial charge in [0.15, 0.2) is 0 Å². The summed E-state index contributed by atoms with van der Waals surface area (Å²) in [5.41, 5.74) is 0.380. The van der Waals surface area contributed by atoms with Crippen molar-refractivity contribution >= 4 is 12.4 Å². The van der Waals surface area contributed by atoms with Crippen LogP contribution in [0.15, 0.2) is 30.3 Å². The van der Waals surface area contributed by atoms with Gasteiger partial charge >= 0.3 is 6.09 Å². The van der Waals surface area contributed by atoms with Crippen molar-refractivity contribution in [1.29, 1.82) is 0 Å². The molecule has 0 spiro atoms. The maximum absolute atomic E-state index is 12.1. The largest absolute Gasteiger partial charge is 0.444 e. The minimum Gasteiger partial charge on any atom is -0.444 e. The van der Waals surface area contributed by atoms with Gasteiger partial charge in [-0.3, -0.25) is 0 Å². The van der Waals surface area contributed by atoms with Crippen molar-refractivity contribution in [3.8, 4) is 0 Å². The summed E-state index contributed by atoms with van der Waals surface area (Å²) < 4.78 is 5.30. The van der Waals surface area contributed by atoms with E-state index < -0.39 is 23.8 Å². The summed E-state index contributed by atoms with van der Waals surface area (Å²) in [5, 5.41) is 13.4. The van der Waals surface area contributed by atoms with Crippen molar-refractivity contribution in [2.24, 2.45) is 11.8 Å². The molecule has 1 rings (SSSR count). The van der Waals surface area contributed by atoms with Gasteiger partial charge in [-0.1, -0.05) is 44.2 Å². The highest BCUT2D eigenvalue weighted by atomic mass is 16.6. The Morgan fingerprint density at radius 3 is 2.32 bits per heavy atom. The third-order valence-corrected chi connectivity index (χ3v) is 4.01. The molecule has 1 aromatic rings. The zero-order valence-corrected chi connectivity index (χ0v) is 15.9. The molecule has 3 atom stereocenters. The molecule has 2 N–H and O–H groups in total. The van der Waals surface area contributed by atoms with Crippen LogP contribution in [0.2, 0.25) is 0 Å². The molecule has 1 amide bonds. The van der Waals surface area contributed by atoms with Crippen LogP contribution in [0.5, 0.6) is 0 Å². The topological polar surface area (TPSA) is 75.6 Å². The van der Waals surface area contributed by atoms with Gasteiger partial charge in [-0.25, -0.2) is 4.79 Å². The van der Waals surface area contributed by atoms with Crippen molar-refractivity contribution in [2.75, 3.05) is 0 Å². The number of nitrogens with one attached hydrogen (secondary N) is 1. The first-order valence-electron chi connectivity index (χ1n) is 8.79. The van der Waals surface area contributed by atoms with E-state index >= 15 is 0 Å². The average Bonchev–Trinajstić information content (AvgIpc) is 2.50. The zero-order chi connectivity index (χ0) is 19.0. The third-order valence-electron chi connectivity index (χ3n) is 4.01. The van der Waals surface area contributed by atoms with Crippen LogP contribution in [0.3, 0.4) is 0 Å². The summed E-state index contributed by atoms with van der Waals surface area (Å²) in [6.45, 7) is 9.25. The van der Waals surface area contributed by atoms with E-state index in [1.54, 1.807) is 20.8 Å². The molecule has 0 aliphatic heterocycles. The Bertz CT molecular complexity index is 536. The van der Waals surface area contributed by atoms with Gasteiger partial charge in [0.2, 0.25) is 0 Å². The minimum absolute atomic E-state index is 0.131. The Morgan fingerprint density at radius 2 is 1.84 bits per heavy atom. The van der Waals surface area contributed by atoms with Crippen LogP contribution < -0.4 is 5.32 Å². The lowest BCUT2D eigenvalue weighted by atomic mass is 9.88. The Labute approximate surface area is 150 Å². The summed E-state index contributed by atoms with van der Waals surface area (Å²) in [6, 6.07) is 9.09. The predicted molar refractivity (Wildman–Crippen MR) is 98.3 cm³/mol. The summed E-state index contributed by atoms with van der Waals surface area (Å²) in [4.78, 5) is 23.4. The van der Waals surface area contributed by atoms with E-state index in [4.69, 9.17) is 4.74 Å². The molecule has 0 aliphatic carbocycles. The molecule has 140 valence electrons. The number of aliphatic hydroxyl groups excluding tert-OH is 1. The fraction of sp³-hybridized carbons (Fsp3) is 0.600. The number of hydrogen-bond acceptors (Lipinski definition) is 4. The monoisotopic (exact) mass is 349 g/mol. The first kappa shape index (κ1) is 21.2. The van der Waals surface area contributed by atoms with E-state index in [0.717, 1.165) is 11.8 Å². The minimum atomic E-state index is -0.842. The smallest absolute Gasteiger partial charge is 0.407 e. The quantitative estimate of drug-likeness (QED) is 0.706. The number of amides is 1. The lowest BCUT2D eigenvalue weighted by Gasteiger charge is -2.28. The Balaban J connectivity index is 2.86. The van der Waals surface area contributed by atoms with Crippen LogP contribution in [0.25, 0.3) is 0 Å². The summed E-state index contributed by atoms with van der Waals surface area (Å²) in [5.74, 6) is -0.125. The van der Waals surface area contributed by atoms with E-state index in [1.165, 1.54) is 0 Å². The summed E-state index contributed by atoms with van der Waals surface area (Å²) in [6.07, 6.45) is 0.227. The second kappa shape index (κ2) is 9.56. The lowest BCUT2D eigenvalue weighted by Crippen LogP contribution is -2.47. The van der Waals surface area contributed by atoms with Gasteiger partial charge in [0, 0.05) is 5.92 Å². The average molecular weight is 349 g/mol. The fourth-order valence-corrected chi connectivity index (χ4v) is 2.54. The van der Waals surface area contributed by atoms with Gasteiger partial charge in [0.25, 0.3) is 0 Å². The molecule has 0 heterocycles. The number of carbonyl (C=O) groups excluding carboxylic acids is 2. The Morgan fingerprint density at radius 1 is 1.24 bits per heavy atom. The number of alkyl carbamates (subject to hydrolysis) is 1. The lowest BCUT2D eigenvalue weighted by molar-refractivity contribution is -0.113. The number of ether oxygens (including phenoxy) is 1. The molecule has 0 bridgehead atoms. The summed E-state index contributed by atoms with van der Waals surface area (Å²) >= 11 is 0. The van der Waals surface area contributed by atoms with Crippen molar-refractivity contribution in [3.05, 3.63) is 35.9 Å². The van der Waals surface area contributed by atoms with Gasteiger partial charge in [0.1, 0.15) is 11.9 Å². The number of hydrogen-bond donors (Lipinski definition) is 2. The van der Waals surface area contributed by atoms with E-state index in [1.807, 2.05) is 44.2 Å². The molecule has 0 saturated heterocycles. The molecule has 5 nitrogen and oxygen atoms in total. The molecule has 25 heavy (non-hydrogen) atoms. The van der Waals surface area contributed by atoms with Gasteiger partial charge in [-0.15, -0.1) is 0 Å². The zero-order valence-electron chi connectivity index (χ0n) is 15.9. The van der Waals surface area contributed by atoms with E-state index in [2.05, 4.69) is 5.32 Å². The third kappa shape index (κ3) is 8.16. The van der Waals surface area contributed by atoms with Crippen molar-refractivity contribution in [2.45, 2.75) is 65.2 Å². The van der Waals surface area contributed by atoms with Crippen LogP contribution in [-0.2, 0) is 16.0 Å². The van der Waals surface area contributed by atoms with E-state index in [9.17, 15) is 14.7 Å². The second-order valence-electron chi connectivity index (χ2n) is 7.79.